The number of hydrogen-bond acceptors (Lipinski definition) is 3. The zero-order valence-electron chi connectivity index (χ0n) is 11.9. The Balaban J connectivity index is 2.30. The van der Waals surface area contributed by atoms with Crippen molar-refractivity contribution in [1.29, 1.82) is 0 Å². The second kappa shape index (κ2) is 5.37. The number of aryl methyl sites for hydroxylation is 1. The molecule has 106 valence electrons. The van der Waals surface area contributed by atoms with E-state index in [0.717, 1.165) is 47.3 Å². The Bertz CT molecular complexity index is 655. The van der Waals surface area contributed by atoms with Gasteiger partial charge >= 0.3 is 0 Å². The van der Waals surface area contributed by atoms with Crippen LogP contribution >= 0.6 is 0 Å². The fourth-order valence-corrected chi connectivity index (χ4v) is 2.74. The van der Waals surface area contributed by atoms with Crippen LogP contribution in [0.15, 0.2) is 12.1 Å². The molecule has 0 spiro atoms. The summed E-state index contributed by atoms with van der Waals surface area (Å²) in [5.41, 5.74) is 4.58. The van der Waals surface area contributed by atoms with E-state index < -0.39 is 0 Å². The van der Waals surface area contributed by atoms with Gasteiger partial charge in [0.2, 0.25) is 0 Å². The van der Waals surface area contributed by atoms with Crippen LogP contribution in [0.4, 0.5) is 10.1 Å². The standard InChI is InChI=1S/C16H19FN2O/c1-3-7-18-15-11-9-20-8-6-13(11)19-16-12(17)5-4-10(2)14(15)16/h4-5H,3,6-9H2,1-2H3,(H,18,19). The van der Waals surface area contributed by atoms with Crippen molar-refractivity contribution in [3.8, 4) is 0 Å². The molecule has 2 aromatic rings. The number of aromatic nitrogens is 1. The van der Waals surface area contributed by atoms with Crippen molar-refractivity contribution < 1.29 is 9.13 Å². The van der Waals surface area contributed by atoms with Crippen molar-refractivity contribution >= 4 is 16.6 Å². The number of fused-ring (bicyclic) bond motifs is 2. The fourth-order valence-electron chi connectivity index (χ4n) is 2.74. The second-order valence-electron chi connectivity index (χ2n) is 5.23. The summed E-state index contributed by atoms with van der Waals surface area (Å²) in [5, 5.41) is 4.34. The highest BCUT2D eigenvalue weighted by Crippen LogP contribution is 2.34. The third kappa shape index (κ3) is 2.14. The molecule has 3 nitrogen and oxygen atoms in total. The molecular weight excluding hydrogens is 255 g/mol. The van der Waals surface area contributed by atoms with E-state index in [1.807, 2.05) is 13.0 Å². The monoisotopic (exact) mass is 274 g/mol. The molecule has 0 aliphatic carbocycles. The smallest absolute Gasteiger partial charge is 0.149 e. The van der Waals surface area contributed by atoms with Gasteiger partial charge < -0.3 is 10.1 Å². The van der Waals surface area contributed by atoms with Gasteiger partial charge in [0.05, 0.1) is 24.6 Å². The molecule has 0 atom stereocenters. The Morgan fingerprint density at radius 2 is 2.25 bits per heavy atom. The van der Waals surface area contributed by atoms with Gasteiger partial charge in [-0.15, -0.1) is 0 Å². The first-order valence-corrected chi connectivity index (χ1v) is 7.14. The Morgan fingerprint density at radius 1 is 1.40 bits per heavy atom. The largest absolute Gasteiger partial charge is 0.384 e. The van der Waals surface area contributed by atoms with Crippen LogP contribution in [-0.2, 0) is 17.8 Å². The summed E-state index contributed by atoms with van der Waals surface area (Å²) < 4.78 is 19.7. The SMILES string of the molecule is CCCNc1c2c(nc3c(F)ccc(C)c13)CCOC2. The van der Waals surface area contributed by atoms with Gasteiger partial charge in [-0.3, -0.25) is 0 Å². The van der Waals surface area contributed by atoms with Crippen LogP contribution in [0.25, 0.3) is 10.9 Å². The maximum absolute atomic E-state index is 14.1. The molecule has 1 aromatic heterocycles. The summed E-state index contributed by atoms with van der Waals surface area (Å²) in [6.07, 6.45) is 1.77. The van der Waals surface area contributed by atoms with E-state index >= 15 is 0 Å². The molecule has 1 aliphatic rings. The average Bonchev–Trinajstić information content (AvgIpc) is 2.48. The van der Waals surface area contributed by atoms with E-state index in [2.05, 4.69) is 17.2 Å². The minimum absolute atomic E-state index is 0.251. The predicted molar refractivity (Wildman–Crippen MR) is 78.6 cm³/mol. The number of anilines is 1. The van der Waals surface area contributed by atoms with E-state index in [1.165, 1.54) is 6.07 Å². The van der Waals surface area contributed by atoms with Gasteiger partial charge in [0.15, 0.2) is 0 Å². The molecule has 4 heteroatoms. The van der Waals surface area contributed by atoms with Crippen molar-refractivity contribution in [3.05, 3.63) is 34.8 Å². The van der Waals surface area contributed by atoms with Crippen LogP contribution < -0.4 is 5.32 Å². The van der Waals surface area contributed by atoms with Gasteiger partial charge in [0.25, 0.3) is 0 Å². The molecule has 1 N–H and O–H groups in total. The summed E-state index contributed by atoms with van der Waals surface area (Å²) in [6.45, 7) is 6.19. The third-order valence-electron chi connectivity index (χ3n) is 3.77. The normalized spacial score (nSPS) is 14.3. The summed E-state index contributed by atoms with van der Waals surface area (Å²) in [4.78, 5) is 4.55. The number of ether oxygens (including phenoxy) is 1. The van der Waals surface area contributed by atoms with E-state index in [1.54, 1.807) is 0 Å². The number of halogens is 1. The molecule has 20 heavy (non-hydrogen) atoms. The quantitative estimate of drug-likeness (QED) is 0.929. The lowest BCUT2D eigenvalue weighted by molar-refractivity contribution is 0.110. The van der Waals surface area contributed by atoms with E-state index in [-0.39, 0.29) is 5.82 Å². The summed E-state index contributed by atoms with van der Waals surface area (Å²) in [5.74, 6) is -0.251. The zero-order valence-corrected chi connectivity index (χ0v) is 11.9. The third-order valence-corrected chi connectivity index (χ3v) is 3.77. The lowest BCUT2D eigenvalue weighted by Gasteiger charge is -2.22. The minimum atomic E-state index is -0.251. The number of nitrogens with zero attached hydrogens (tertiary/aromatic N) is 1. The van der Waals surface area contributed by atoms with Crippen molar-refractivity contribution in [2.45, 2.75) is 33.3 Å². The first-order chi connectivity index (χ1) is 9.72. The summed E-state index contributed by atoms with van der Waals surface area (Å²) in [6, 6.07) is 3.31. The summed E-state index contributed by atoms with van der Waals surface area (Å²) in [7, 11) is 0. The van der Waals surface area contributed by atoms with Crippen molar-refractivity contribution in [2.24, 2.45) is 0 Å². The molecule has 0 amide bonds. The number of hydrogen-bond donors (Lipinski definition) is 1. The molecule has 1 aliphatic heterocycles. The molecule has 0 unspecified atom stereocenters. The van der Waals surface area contributed by atoms with Gasteiger partial charge in [0, 0.05) is 23.9 Å². The number of nitrogens with one attached hydrogen (secondary N) is 1. The zero-order chi connectivity index (χ0) is 14.1. The van der Waals surface area contributed by atoms with Gasteiger partial charge in [0.1, 0.15) is 11.3 Å². The van der Waals surface area contributed by atoms with Crippen molar-refractivity contribution in [3.63, 3.8) is 0 Å². The van der Waals surface area contributed by atoms with E-state index in [9.17, 15) is 4.39 Å². The van der Waals surface area contributed by atoms with Crippen molar-refractivity contribution in [2.75, 3.05) is 18.5 Å². The predicted octanol–water partition coefficient (Wildman–Crippen LogP) is 3.58. The van der Waals surface area contributed by atoms with Crippen LogP contribution in [-0.4, -0.2) is 18.1 Å². The Morgan fingerprint density at radius 3 is 3.05 bits per heavy atom. The Kier molecular flexibility index (Phi) is 3.57. The lowest BCUT2D eigenvalue weighted by atomic mass is 9.99. The highest BCUT2D eigenvalue weighted by molar-refractivity contribution is 5.96. The van der Waals surface area contributed by atoms with Gasteiger partial charge in [-0.05, 0) is 25.0 Å². The second-order valence-corrected chi connectivity index (χ2v) is 5.23. The van der Waals surface area contributed by atoms with Gasteiger partial charge in [-0.2, -0.15) is 0 Å². The Labute approximate surface area is 118 Å². The highest BCUT2D eigenvalue weighted by Gasteiger charge is 2.20. The molecule has 1 aromatic carbocycles. The number of pyridine rings is 1. The molecule has 0 saturated heterocycles. The van der Waals surface area contributed by atoms with E-state index in [4.69, 9.17) is 4.74 Å². The van der Waals surface area contributed by atoms with Crippen LogP contribution in [0.5, 0.6) is 0 Å². The summed E-state index contributed by atoms with van der Waals surface area (Å²) >= 11 is 0. The van der Waals surface area contributed by atoms with Crippen LogP contribution in [0.1, 0.15) is 30.2 Å². The molecule has 0 radical (unpaired) electrons. The number of rotatable bonds is 3. The first kappa shape index (κ1) is 13.3. The maximum Gasteiger partial charge on any atom is 0.149 e. The first-order valence-electron chi connectivity index (χ1n) is 7.14. The molecule has 3 rings (SSSR count). The van der Waals surface area contributed by atoms with Crippen LogP contribution in [0.2, 0.25) is 0 Å². The minimum Gasteiger partial charge on any atom is -0.384 e. The molecule has 2 heterocycles. The average molecular weight is 274 g/mol. The van der Waals surface area contributed by atoms with Crippen molar-refractivity contribution in [1.82, 2.24) is 4.98 Å². The van der Waals surface area contributed by atoms with Crippen LogP contribution in [0.3, 0.4) is 0 Å². The fraction of sp³-hybridized carbons (Fsp3) is 0.438. The highest BCUT2D eigenvalue weighted by atomic mass is 19.1. The maximum atomic E-state index is 14.1. The molecule has 0 bridgehead atoms. The Hall–Kier alpha value is -1.68. The van der Waals surface area contributed by atoms with Gasteiger partial charge in [-0.1, -0.05) is 13.0 Å². The lowest BCUT2D eigenvalue weighted by Crippen LogP contribution is -2.16. The topological polar surface area (TPSA) is 34.2 Å². The molecule has 0 saturated carbocycles. The van der Waals surface area contributed by atoms with E-state index in [0.29, 0.717) is 18.7 Å². The molecule has 0 fully saturated rings. The molecular formula is C16H19FN2O. The van der Waals surface area contributed by atoms with Crippen LogP contribution in [0, 0.1) is 12.7 Å². The van der Waals surface area contributed by atoms with Gasteiger partial charge in [-0.25, -0.2) is 9.37 Å². The number of benzene rings is 1.